The quantitative estimate of drug-likeness (QED) is 0.679. The number of amides is 3. The number of carbonyl (C=O) groups is 3. The number of ether oxygens (including phenoxy) is 2. The molecule has 1 aromatic carbocycles. The van der Waals surface area contributed by atoms with Gasteiger partial charge in [0.1, 0.15) is 25.0 Å². The summed E-state index contributed by atoms with van der Waals surface area (Å²) in [5, 5.41) is 5.61. The Kier molecular flexibility index (Phi) is 6.34. The highest BCUT2D eigenvalue weighted by atomic mass is 16.6. The van der Waals surface area contributed by atoms with E-state index in [-0.39, 0.29) is 43.1 Å². The first-order valence-corrected chi connectivity index (χ1v) is 10.7. The predicted octanol–water partition coefficient (Wildman–Crippen LogP) is 1.86. The van der Waals surface area contributed by atoms with E-state index < -0.39 is 12.0 Å². The minimum atomic E-state index is -0.712. The fourth-order valence-corrected chi connectivity index (χ4v) is 3.84. The van der Waals surface area contributed by atoms with Crippen molar-refractivity contribution < 1.29 is 28.3 Å². The minimum absolute atomic E-state index is 0.0824. The average molecular weight is 441 g/mol. The normalized spacial score (nSPS) is 18.5. The molecule has 0 radical (unpaired) electrons. The Morgan fingerprint density at radius 3 is 2.66 bits per heavy atom. The van der Waals surface area contributed by atoms with Crippen LogP contribution in [-0.4, -0.2) is 43.5 Å². The fourth-order valence-electron chi connectivity index (χ4n) is 3.84. The molecule has 1 saturated heterocycles. The van der Waals surface area contributed by atoms with Gasteiger partial charge in [-0.3, -0.25) is 14.4 Å². The first kappa shape index (κ1) is 21.7. The van der Waals surface area contributed by atoms with Gasteiger partial charge in [0.25, 0.3) is 0 Å². The molecule has 1 fully saturated rings. The van der Waals surface area contributed by atoms with Crippen molar-refractivity contribution in [3.63, 3.8) is 0 Å². The van der Waals surface area contributed by atoms with E-state index in [1.807, 2.05) is 13.8 Å². The molecule has 32 heavy (non-hydrogen) atoms. The number of carbonyl (C=O) groups excluding carboxylic acids is 3. The number of fused-ring (bicyclic) bond motifs is 1. The Morgan fingerprint density at radius 1 is 1.16 bits per heavy atom. The van der Waals surface area contributed by atoms with Gasteiger partial charge >= 0.3 is 0 Å². The van der Waals surface area contributed by atoms with Gasteiger partial charge in [-0.1, -0.05) is 13.8 Å². The first-order valence-electron chi connectivity index (χ1n) is 10.7. The van der Waals surface area contributed by atoms with Crippen LogP contribution in [0.5, 0.6) is 11.5 Å². The number of hydrogen-bond donors (Lipinski definition) is 2. The molecule has 170 valence electrons. The van der Waals surface area contributed by atoms with Gasteiger partial charge in [-0.05, 0) is 30.2 Å². The molecule has 0 spiro atoms. The Bertz CT molecular complexity index is 988. The standard InChI is InChI=1S/C23H27N3O6/c1-14(2)21(23(29)24-12-17-4-3-7-30-17)25-22(28)15-10-20(27)26(13-15)16-5-6-18-19(11-16)32-9-8-31-18/h3-7,11,14-15,21H,8-10,12-13H2,1-2H3,(H,24,29)(H,25,28)/t15?,21-/m0/s1. The largest absolute Gasteiger partial charge is 0.486 e. The summed E-state index contributed by atoms with van der Waals surface area (Å²) in [6.45, 7) is 5.14. The zero-order valence-corrected chi connectivity index (χ0v) is 18.1. The van der Waals surface area contributed by atoms with Crippen LogP contribution in [0.25, 0.3) is 0 Å². The van der Waals surface area contributed by atoms with E-state index in [4.69, 9.17) is 13.9 Å². The van der Waals surface area contributed by atoms with Crippen LogP contribution in [0.4, 0.5) is 5.69 Å². The smallest absolute Gasteiger partial charge is 0.243 e. The van der Waals surface area contributed by atoms with Gasteiger partial charge in [0.2, 0.25) is 17.7 Å². The molecule has 9 heteroatoms. The van der Waals surface area contributed by atoms with E-state index >= 15 is 0 Å². The third-order valence-corrected chi connectivity index (χ3v) is 5.60. The maximum absolute atomic E-state index is 12.9. The van der Waals surface area contributed by atoms with Crippen molar-refractivity contribution in [2.24, 2.45) is 11.8 Å². The maximum Gasteiger partial charge on any atom is 0.243 e. The van der Waals surface area contributed by atoms with Crippen molar-refractivity contribution in [3.05, 3.63) is 42.4 Å². The van der Waals surface area contributed by atoms with E-state index in [9.17, 15) is 14.4 Å². The second kappa shape index (κ2) is 9.33. The number of hydrogen-bond acceptors (Lipinski definition) is 6. The molecule has 3 amide bonds. The van der Waals surface area contributed by atoms with Gasteiger partial charge in [-0.15, -0.1) is 0 Å². The zero-order valence-electron chi connectivity index (χ0n) is 18.1. The van der Waals surface area contributed by atoms with Gasteiger partial charge in [-0.25, -0.2) is 0 Å². The van der Waals surface area contributed by atoms with Crippen molar-refractivity contribution in [2.75, 3.05) is 24.7 Å². The first-order chi connectivity index (χ1) is 15.4. The van der Waals surface area contributed by atoms with Gasteiger partial charge < -0.3 is 29.4 Å². The van der Waals surface area contributed by atoms with Crippen LogP contribution in [0.2, 0.25) is 0 Å². The second-order valence-electron chi connectivity index (χ2n) is 8.26. The third kappa shape index (κ3) is 4.71. The molecule has 0 bridgehead atoms. The summed E-state index contributed by atoms with van der Waals surface area (Å²) in [6, 6.07) is 8.10. The lowest BCUT2D eigenvalue weighted by Crippen LogP contribution is -2.51. The lowest BCUT2D eigenvalue weighted by atomic mass is 10.0. The van der Waals surface area contributed by atoms with Crippen LogP contribution in [-0.2, 0) is 20.9 Å². The molecule has 2 N–H and O–H groups in total. The summed E-state index contributed by atoms with van der Waals surface area (Å²) < 4.78 is 16.3. The molecule has 0 saturated carbocycles. The molecule has 2 atom stereocenters. The molecule has 1 aromatic heterocycles. The molecule has 9 nitrogen and oxygen atoms in total. The summed E-state index contributed by atoms with van der Waals surface area (Å²) in [5.74, 6) is 0.428. The van der Waals surface area contributed by atoms with Crippen molar-refractivity contribution in [2.45, 2.75) is 32.9 Å². The summed E-state index contributed by atoms with van der Waals surface area (Å²) in [5.41, 5.74) is 0.658. The number of nitrogens with one attached hydrogen (secondary N) is 2. The SMILES string of the molecule is CC(C)[C@H](NC(=O)C1CC(=O)N(c2ccc3c(c2)OCCO3)C1)C(=O)NCc1ccco1. The number of rotatable bonds is 7. The third-order valence-electron chi connectivity index (χ3n) is 5.60. The van der Waals surface area contributed by atoms with Crippen LogP contribution in [0.15, 0.2) is 41.0 Å². The fraction of sp³-hybridized carbons (Fsp3) is 0.435. The molecular weight excluding hydrogens is 414 g/mol. The van der Waals surface area contributed by atoms with Crippen LogP contribution in [0, 0.1) is 11.8 Å². The topological polar surface area (TPSA) is 110 Å². The molecule has 1 unspecified atom stereocenters. The highest BCUT2D eigenvalue weighted by molar-refractivity contribution is 6.01. The lowest BCUT2D eigenvalue weighted by Gasteiger charge is -2.24. The van der Waals surface area contributed by atoms with Crippen molar-refractivity contribution >= 4 is 23.4 Å². The Morgan fingerprint density at radius 2 is 1.94 bits per heavy atom. The Hall–Kier alpha value is -3.49. The average Bonchev–Trinajstić information content (AvgIpc) is 3.45. The maximum atomic E-state index is 12.9. The molecule has 4 rings (SSSR count). The van der Waals surface area contributed by atoms with E-state index in [1.165, 1.54) is 6.26 Å². The monoisotopic (exact) mass is 441 g/mol. The van der Waals surface area contributed by atoms with Gasteiger partial charge in [0, 0.05) is 24.7 Å². The Labute approximate surface area is 186 Å². The van der Waals surface area contributed by atoms with Gasteiger partial charge in [-0.2, -0.15) is 0 Å². The van der Waals surface area contributed by atoms with Crippen LogP contribution in [0.3, 0.4) is 0 Å². The van der Waals surface area contributed by atoms with E-state index in [2.05, 4.69) is 10.6 Å². The van der Waals surface area contributed by atoms with Crippen LogP contribution in [0.1, 0.15) is 26.0 Å². The highest BCUT2D eigenvalue weighted by Gasteiger charge is 2.37. The minimum Gasteiger partial charge on any atom is -0.486 e. The Balaban J connectivity index is 1.38. The molecule has 2 aliphatic heterocycles. The number of benzene rings is 1. The predicted molar refractivity (Wildman–Crippen MR) is 115 cm³/mol. The molecule has 2 aromatic rings. The molecular formula is C23H27N3O6. The van der Waals surface area contributed by atoms with E-state index in [1.54, 1.807) is 35.2 Å². The summed E-state index contributed by atoms with van der Waals surface area (Å²) >= 11 is 0. The van der Waals surface area contributed by atoms with Crippen molar-refractivity contribution in [1.29, 1.82) is 0 Å². The van der Waals surface area contributed by atoms with Crippen molar-refractivity contribution in [1.82, 2.24) is 10.6 Å². The highest BCUT2D eigenvalue weighted by Crippen LogP contribution is 2.36. The lowest BCUT2D eigenvalue weighted by molar-refractivity contribution is -0.132. The van der Waals surface area contributed by atoms with Crippen LogP contribution >= 0.6 is 0 Å². The summed E-state index contributed by atoms with van der Waals surface area (Å²) in [7, 11) is 0. The molecule has 0 aliphatic carbocycles. The second-order valence-corrected chi connectivity index (χ2v) is 8.26. The number of furan rings is 1. The van der Waals surface area contributed by atoms with Gasteiger partial charge in [0.15, 0.2) is 11.5 Å². The molecule has 2 aliphatic rings. The summed E-state index contributed by atoms with van der Waals surface area (Å²) in [6.07, 6.45) is 1.62. The van der Waals surface area contributed by atoms with E-state index in [0.717, 1.165) is 0 Å². The zero-order chi connectivity index (χ0) is 22.7. The van der Waals surface area contributed by atoms with Crippen molar-refractivity contribution in [3.8, 4) is 11.5 Å². The van der Waals surface area contributed by atoms with E-state index in [0.29, 0.717) is 36.2 Å². The number of anilines is 1. The van der Waals surface area contributed by atoms with Gasteiger partial charge in [0.05, 0.1) is 18.7 Å². The van der Waals surface area contributed by atoms with Crippen LogP contribution < -0.4 is 25.0 Å². The molecule has 3 heterocycles. The number of nitrogens with zero attached hydrogens (tertiary/aromatic N) is 1. The summed E-state index contributed by atoms with van der Waals surface area (Å²) in [4.78, 5) is 39.8.